The normalized spacial score (nSPS) is 12.0. The molecule has 25 heavy (non-hydrogen) atoms. The van der Waals surface area contributed by atoms with Crippen LogP contribution in [0, 0.1) is 23.2 Å². The Hall–Kier alpha value is -2.99. The smallest absolute Gasteiger partial charge is 0.417 e. The Bertz CT molecular complexity index is 883. The van der Waals surface area contributed by atoms with Gasteiger partial charge in [-0.2, -0.15) is 18.4 Å². The summed E-state index contributed by atoms with van der Waals surface area (Å²) in [5, 5.41) is 18.2. The first-order chi connectivity index (χ1) is 11.7. The number of alkyl halides is 4. The van der Waals surface area contributed by atoms with Crippen LogP contribution >= 0.6 is 0 Å². The molecule has 1 unspecified atom stereocenters. The van der Waals surface area contributed by atoms with E-state index in [2.05, 4.69) is 11.8 Å². The van der Waals surface area contributed by atoms with Crippen molar-refractivity contribution in [1.29, 1.82) is 5.26 Å². The molecule has 0 aliphatic rings. The number of nitrogens with zero attached hydrogens (tertiary/aromatic N) is 1. The molecule has 1 N–H and O–H groups in total. The Balaban J connectivity index is 2.51. The van der Waals surface area contributed by atoms with Gasteiger partial charge in [0.05, 0.1) is 17.2 Å². The second kappa shape index (κ2) is 7.27. The molecule has 2 aromatic rings. The van der Waals surface area contributed by atoms with Crippen LogP contribution in [0.3, 0.4) is 0 Å². The third-order valence-corrected chi connectivity index (χ3v) is 3.38. The van der Waals surface area contributed by atoms with E-state index >= 15 is 0 Å². The molecule has 0 fully saturated rings. The molecule has 0 spiro atoms. The van der Waals surface area contributed by atoms with Gasteiger partial charge in [-0.05, 0) is 48.9 Å². The topological polar surface area (TPSA) is 44.0 Å². The minimum absolute atomic E-state index is 0.00123. The standard InChI is InChI=1S/C19H13F4NO/c1-12(20)8-16-9-13(11-24)2-3-14(16)4-5-15-6-7-17(25)10-18(15)19(21,22)23/h2-3,6-7,9-10,12,25H,8H2,1H3. The summed E-state index contributed by atoms with van der Waals surface area (Å²) in [7, 11) is 0. The molecule has 0 bridgehead atoms. The van der Waals surface area contributed by atoms with E-state index in [0.717, 1.165) is 12.1 Å². The van der Waals surface area contributed by atoms with E-state index in [1.165, 1.54) is 25.1 Å². The lowest BCUT2D eigenvalue weighted by Gasteiger charge is -2.09. The number of rotatable bonds is 2. The number of phenolic OH excluding ortho intramolecular Hbond substituents is 1. The summed E-state index contributed by atoms with van der Waals surface area (Å²) in [6.07, 6.45) is -5.85. The van der Waals surface area contributed by atoms with Crippen molar-refractivity contribution in [1.82, 2.24) is 0 Å². The number of hydrogen-bond acceptors (Lipinski definition) is 2. The second-order valence-electron chi connectivity index (χ2n) is 5.45. The number of aromatic hydroxyl groups is 1. The predicted molar refractivity (Wildman–Crippen MR) is 84.5 cm³/mol. The van der Waals surface area contributed by atoms with Crippen LogP contribution in [0.2, 0.25) is 0 Å². The van der Waals surface area contributed by atoms with Crippen molar-refractivity contribution < 1.29 is 22.7 Å². The highest BCUT2D eigenvalue weighted by molar-refractivity contribution is 5.53. The average Bonchev–Trinajstić information content (AvgIpc) is 2.53. The molecule has 0 radical (unpaired) electrons. The van der Waals surface area contributed by atoms with E-state index in [-0.39, 0.29) is 12.0 Å². The monoisotopic (exact) mass is 347 g/mol. The third-order valence-electron chi connectivity index (χ3n) is 3.38. The molecule has 0 saturated carbocycles. The number of halogens is 4. The Labute approximate surface area is 142 Å². The molecule has 2 nitrogen and oxygen atoms in total. The minimum Gasteiger partial charge on any atom is -0.508 e. The van der Waals surface area contributed by atoms with Crippen LogP contribution in [0.1, 0.15) is 34.7 Å². The zero-order valence-corrected chi connectivity index (χ0v) is 13.2. The molecular weight excluding hydrogens is 334 g/mol. The second-order valence-corrected chi connectivity index (χ2v) is 5.45. The predicted octanol–water partition coefficient (Wildman–Crippen LogP) is 4.58. The molecule has 0 aromatic heterocycles. The van der Waals surface area contributed by atoms with Crippen molar-refractivity contribution >= 4 is 0 Å². The molecule has 0 saturated heterocycles. The van der Waals surface area contributed by atoms with Gasteiger partial charge in [0, 0.05) is 17.5 Å². The van der Waals surface area contributed by atoms with Crippen molar-refractivity contribution in [2.24, 2.45) is 0 Å². The van der Waals surface area contributed by atoms with Crippen LogP contribution in [0.4, 0.5) is 17.6 Å². The van der Waals surface area contributed by atoms with Crippen LogP contribution in [-0.4, -0.2) is 11.3 Å². The molecule has 0 amide bonds. The zero-order chi connectivity index (χ0) is 18.6. The largest absolute Gasteiger partial charge is 0.508 e. The summed E-state index contributed by atoms with van der Waals surface area (Å²) in [6.45, 7) is 1.35. The van der Waals surface area contributed by atoms with Crippen molar-refractivity contribution in [3.05, 3.63) is 64.2 Å². The minimum atomic E-state index is -4.66. The van der Waals surface area contributed by atoms with Crippen LogP contribution in [0.5, 0.6) is 5.75 Å². The van der Waals surface area contributed by atoms with E-state index in [1.54, 1.807) is 0 Å². The number of hydrogen-bond donors (Lipinski definition) is 1. The van der Waals surface area contributed by atoms with E-state index in [9.17, 15) is 22.7 Å². The van der Waals surface area contributed by atoms with Crippen molar-refractivity contribution in [3.63, 3.8) is 0 Å². The quantitative estimate of drug-likeness (QED) is 0.638. The Morgan fingerprint density at radius 2 is 1.72 bits per heavy atom. The summed E-state index contributed by atoms with van der Waals surface area (Å²) >= 11 is 0. The SMILES string of the molecule is CC(F)Cc1cc(C#N)ccc1C#Cc1ccc(O)cc1C(F)(F)F. The first-order valence-electron chi connectivity index (χ1n) is 7.30. The maximum absolute atomic E-state index is 13.3. The molecule has 128 valence electrons. The fourth-order valence-electron chi connectivity index (χ4n) is 2.27. The summed E-state index contributed by atoms with van der Waals surface area (Å²) in [4.78, 5) is 0. The van der Waals surface area contributed by atoms with Crippen LogP contribution < -0.4 is 0 Å². The highest BCUT2D eigenvalue weighted by Crippen LogP contribution is 2.33. The van der Waals surface area contributed by atoms with Gasteiger partial charge in [0.2, 0.25) is 0 Å². The zero-order valence-electron chi connectivity index (χ0n) is 13.2. The van der Waals surface area contributed by atoms with Gasteiger partial charge in [-0.15, -0.1) is 0 Å². The van der Waals surface area contributed by atoms with Gasteiger partial charge >= 0.3 is 6.18 Å². The van der Waals surface area contributed by atoms with Crippen molar-refractivity contribution in [2.75, 3.05) is 0 Å². The van der Waals surface area contributed by atoms with Crippen LogP contribution in [0.25, 0.3) is 0 Å². The number of phenols is 1. The molecule has 0 aliphatic heterocycles. The highest BCUT2D eigenvalue weighted by atomic mass is 19.4. The summed E-state index contributed by atoms with van der Waals surface area (Å²) < 4.78 is 52.4. The van der Waals surface area contributed by atoms with Gasteiger partial charge in [0.25, 0.3) is 0 Å². The molecule has 1 atom stereocenters. The van der Waals surface area contributed by atoms with Gasteiger partial charge in [-0.25, -0.2) is 4.39 Å². The van der Waals surface area contributed by atoms with Crippen LogP contribution in [-0.2, 0) is 12.6 Å². The summed E-state index contributed by atoms with van der Waals surface area (Å²) in [5.74, 6) is 4.53. The lowest BCUT2D eigenvalue weighted by molar-refractivity contribution is -0.137. The molecule has 0 heterocycles. The lowest BCUT2D eigenvalue weighted by atomic mass is 9.99. The van der Waals surface area contributed by atoms with Crippen molar-refractivity contribution in [3.8, 4) is 23.7 Å². The van der Waals surface area contributed by atoms with Crippen LogP contribution in [0.15, 0.2) is 36.4 Å². The fourth-order valence-corrected chi connectivity index (χ4v) is 2.27. The first-order valence-corrected chi connectivity index (χ1v) is 7.30. The van der Waals surface area contributed by atoms with Gasteiger partial charge < -0.3 is 5.11 Å². The highest BCUT2D eigenvalue weighted by Gasteiger charge is 2.33. The molecule has 6 heteroatoms. The van der Waals surface area contributed by atoms with E-state index in [4.69, 9.17) is 5.26 Å². The Morgan fingerprint density at radius 3 is 2.32 bits per heavy atom. The lowest BCUT2D eigenvalue weighted by Crippen LogP contribution is -2.07. The molecule has 2 aromatic carbocycles. The van der Waals surface area contributed by atoms with Crippen molar-refractivity contribution in [2.45, 2.75) is 25.7 Å². The Morgan fingerprint density at radius 1 is 1.08 bits per heavy atom. The molecular formula is C19H13F4NO. The van der Waals surface area contributed by atoms with E-state index in [1.807, 2.05) is 6.07 Å². The Kier molecular flexibility index (Phi) is 5.34. The third kappa shape index (κ3) is 4.74. The first kappa shape index (κ1) is 18.4. The average molecular weight is 347 g/mol. The number of nitriles is 1. The van der Waals surface area contributed by atoms with Gasteiger partial charge in [-0.3, -0.25) is 0 Å². The summed E-state index contributed by atoms with van der Waals surface area (Å²) in [6, 6.07) is 9.15. The van der Waals surface area contributed by atoms with Gasteiger partial charge in [0.1, 0.15) is 11.9 Å². The number of benzene rings is 2. The molecule has 0 aliphatic carbocycles. The van der Waals surface area contributed by atoms with Gasteiger partial charge in [-0.1, -0.05) is 11.8 Å². The summed E-state index contributed by atoms with van der Waals surface area (Å²) in [5.41, 5.74) is -0.219. The molecule has 2 rings (SSSR count). The maximum atomic E-state index is 13.3. The van der Waals surface area contributed by atoms with Gasteiger partial charge in [0.15, 0.2) is 0 Å². The van der Waals surface area contributed by atoms with E-state index < -0.39 is 23.7 Å². The van der Waals surface area contributed by atoms with E-state index in [0.29, 0.717) is 22.8 Å². The maximum Gasteiger partial charge on any atom is 0.417 e. The fraction of sp³-hybridized carbons (Fsp3) is 0.211.